The molecule has 0 saturated carbocycles. The highest BCUT2D eigenvalue weighted by atomic mass is 14.8. The van der Waals surface area contributed by atoms with Gasteiger partial charge in [0.2, 0.25) is 0 Å². The Labute approximate surface area is 145 Å². The minimum atomic E-state index is 0.472. The molecule has 124 valence electrons. The largest absolute Gasteiger partial charge is 0.384 e. The molecule has 2 aromatic heterocycles. The molecule has 0 unspecified atom stereocenters. The summed E-state index contributed by atoms with van der Waals surface area (Å²) < 4.78 is 0. The summed E-state index contributed by atoms with van der Waals surface area (Å²) in [5.41, 5.74) is 8.42. The van der Waals surface area contributed by atoms with E-state index in [4.69, 9.17) is 5.73 Å². The highest BCUT2D eigenvalue weighted by Gasteiger charge is 2.09. The maximum absolute atomic E-state index is 5.75. The second kappa shape index (κ2) is 10.0. The number of aromatic nitrogens is 2. The zero-order valence-corrected chi connectivity index (χ0v) is 15.1. The van der Waals surface area contributed by atoms with E-state index in [0.717, 1.165) is 21.9 Å². The van der Waals surface area contributed by atoms with Gasteiger partial charge in [0, 0.05) is 28.9 Å². The Kier molecular flexibility index (Phi) is 8.01. The lowest BCUT2D eigenvalue weighted by Crippen LogP contribution is -1.96. The molecule has 3 heteroatoms. The van der Waals surface area contributed by atoms with Crippen LogP contribution in [0.3, 0.4) is 0 Å². The van der Waals surface area contributed by atoms with Crippen molar-refractivity contribution in [1.29, 1.82) is 0 Å². The van der Waals surface area contributed by atoms with Crippen LogP contribution in [0.25, 0.3) is 21.9 Å². The summed E-state index contributed by atoms with van der Waals surface area (Å²) in [5.74, 6) is 6.36. The first-order valence-corrected chi connectivity index (χ1v) is 8.32. The van der Waals surface area contributed by atoms with Gasteiger partial charge in [-0.05, 0) is 30.4 Å². The average molecular weight is 319 g/mol. The second-order valence-corrected chi connectivity index (χ2v) is 4.42. The number of nitrogens with two attached hydrogens (primary N) is 1. The van der Waals surface area contributed by atoms with E-state index < -0.39 is 0 Å². The fraction of sp³-hybridized carbons (Fsp3) is 0.238. The van der Waals surface area contributed by atoms with Gasteiger partial charge in [0.25, 0.3) is 0 Å². The van der Waals surface area contributed by atoms with Gasteiger partial charge >= 0.3 is 0 Å². The number of nitrogens with zero attached hydrogens (tertiary/aromatic N) is 2. The van der Waals surface area contributed by atoms with Gasteiger partial charge in [-0.2, -0.15) is 0 Å². The smallest absolute Gasteiger partial charge is 0.124 e. The minimum Gasteiger partial charge on any atom is -0.384 e. The van der Waals surface area contributed by atoms with Crippen LogP contribution >= 0.6 is 0 Å². The summed E-state index contributed by atoms with van der Waals surface area (Å²) in [4.78, 5) is 8.63. The summed E-state index contributed by atoms with van der Waals surface area (Å²) in [6, 6.07) is 11.9. The van der Waals surface area contributed by atoms with E-state index in [0.29, 0.717) is 11.5 Å². The highest BCUT2D eigenvalue weighted by Crippen LogP contribution is 2.29. The number of pyridine rings is 2. The predicted molar refractivity (Wildman–Crippen MR) is 105 cm³/mol. The van der Waals surface area contributed by atoms with Gasteiger partial charge in [-0.1, -0.05) is 57.9 Å². The zero-order chi connectivity index (χ0) is 17.9. The molecule has 1 aromatic carbocycles. The molecule has 0 aliphatic rings. The van der Waals surface area contributed by atoms with Crippen molar-refractivity contribution in [2.75, 3.05) is 5.73 Å². The van der Waals surface area contributed by atoms with Crippen LogP contribution in [0, 0.1) is 11.8 Å². The quantitative estimate of drug-likeness (QED) is 0.619. The fourth-order valence-corrected chi connectivity index (χ4v) is 2.24. The summed E-state index contributed by atoms with van der Waals surface area (Å²) in [6.07, 6.45) is 3.70. The third-order valence-corrected chi connectivity index (χ3v) is 3.12. The predicted octanol–water partition coefficient (Wildman–Crippen LogP) is 5.30. The van der Waals surface area contributed by atoms with Crippen molar-refractivity contribution in [1.82, 2.24) is 9.97 Å². The van der Waals surface area contributed by atoms with E-state index in [9.17, 15) is 0 Å². The van der Waals surface area contributed by atoms with Gasteiger partial charge in [-0.25, -0.2) is 4.98 Å². The Bertz CT molecular complexity index is 837. The van der Waals surface area contributed by atoms with E-state index in [1.54, 1.807) is 13.0 Å². The van der Waals surface area contributed by atoms with Crippen molar-refractivity contribution in [3.8, 4) is 23.0 Å². The minimum absolute atomic E-state index is 0.472. The molecule has 0 radical (unpaired) electrons. The van der Waals surface area contributed by atoms with Crippen LogP contribution in [0.2, 0.25) is 0 Å². The molecule has 0 spiro atoms. The van der Waals surface area contributed by atoms with Crippen molar-refractivity contribution in [2.24, 2.45) is 0 Å². The lowest BCUT2D eigenvalue weighted by atomic mass is 10.00. The Morgan fingerprint density at radius 1 is 0.875 bits per heavy atom. The molecule has 0 aliphatic heterocycles. The number of rotatable bonds is 1. The molecule has 24 heavy (non-hydrogen) atoms. The van der Waals surface area contributed by atoms with Gasteiger partial charge < -0.3 is 5.73 Å². The third-order valence-electron chi connectivity index (χ3n) is 3.12. The number of nitrogen functional groups attached to an aromatic ring is 1. The zero-order valence-electron chi connectivity index (χ0n) is 15.1. The molecule has 0 atom stereocenters. The first kappa shape index (κ1) is 19.2. The van der Waals surface area contributed by atoms with Crippen LogP contribution in [0.4, 0.5) is 5.82 Å². The van der Waals surface area contributed by atoms with Crippen LogP contribution in [0.15, 0.2) is 48.8 Å². The van der Waals surface area contributed by atoms with Crippen molar-refractivity contribution in [2.45, 2.75) is 34.6 Å². The van der Waals surface area contributed by atoms with Gasteiger partial charge in [0.1, 0.15) is 11.5 Å². The molecule has 0 saturated heterocycles. The standard InChI is InChI=1S/C17H13N3.2C2H6/c1-2-5-16-14(8-9-17(18)20-16)15-11-19-10-12-6-3-4-7-13(12)15;2*1-2/h3-4,6-11H,1H3,(H2,18,20);2*1-2H3. The Morgan fingerprint density at radius 3 is 2.29 bits per heavy atom. The summed E-state index contributed by atoms with van der Waals surface area (Å²) in [6.45, 7) is 9.79. The van der Waals surface area contributed by atoms with Crippen molar-refractivity contribution >= 4 is 16.6 Å². The van der Waals surface area contributed by atoms with Gasteiger partial charge in [0.15, 0.2) is 0 Å². The molecular weight excluding hydrogens is 294 g/mol. The first-order valence-electron chi connectivity index (χ1n) is 8.32. The molecule has 3 nitrogen and oxygen atoms in total. The maximum atomic E-state index is 5.75. The number of hydrogen-bond acceptors (Lipinski definition) is 3. The summed E-state index contributed by atoms with van der Waals surface area (Å²) in [7, 11) is 0. The normalized spacial score (nSPS) is 8.88. The van der Waals surface area contributed by atoms with Gasteiger partial charge in [0.05, 0.1) is 0 Å². The molecule has 0 bridgehead atoms. The fourth-order valence-electron chi connectivity index (χ4n) is 2.24. The summed E-state index contributed by atoms with van der Waals surface area (Å²) >= 11 is 0. The van der Waals surface area contributed by atoms with Gasteiger partial charge in [-0.15, -0.1) is 0 Å². The van der Waals surface area contributed by atoms with Crippen LogP contribution < -0.4 is 5.73 Å². The lowest BCUT2D eigenvalue weighted by molar-refractivity contribution is 1.29. The van der Waals surface area contributed by atoms with E-state index in [1.165, 1.54) is 0 Å². The number of fused-ring (bicyclic) bond motifs is 1. The highest BCUT2D eigenvalue weighted by molar-refractivity contribution is 5.96. The van der Waals surface area contributed by atoms with Crippen LogP contribution in [0.1, 0.15) is 40.3 Å². The van der Waals surface area contributed by atoms with Crippen molar-refractivity contribution in [3.05, 3.63) is 54.5 Å². The number of benzene rings is 1. The Hall–Kier alpha value is -2.86. The molecule has 3 aromatic rings. The Morgan fingerprint density at radius 2 is 1.58 bits per heavy atom. The van der Waals surface area contributed by atoms with Crippen molar-refractivity contribution in [3.63, 3.8) is 0 Å². The maximum Gasteiger partial charge on any atom is 0.124 e. The first-order chi connectivity index (χ1) is 11.8. The molecular formula is C21H25N3. The van der Waals surface area contributed by atoms with Crippen molar-refractivity contribution < 1.29 is 0 Å². The molecule has 2 N–H and O–H groups in total. The van der Waals surface area contributed by atoms with Crippen LogP contribution in [-0.2, 0) is 0 Å². The van der Waals surface area contributed by atoms with Gasteiger partial charge in [-0.3, -0.25) is 4.98 Å². The van der Waals surface area contributed by atoms with E-state index >= 15 is 0 Å². The summed E-state index contributed by atoms with van der Waals surface area (Å²) in [5, 5.41) is 2.23. The molecule has 2 heterocycles. The number of hydrogen-bond donors (Lipinski definition) is 1. The molecule has 0 amide bonds. The topological polar surface area (TPSA) is 51.8 Å². The molecule has 0 aliphatic carbocycles. The lowest BCUT2D eigenvalue weighted by Gasteiger charge is -2.08. The SMILES string of the molecule is CC.CC.CC#Cc1nc(N)ccc1-c1cncc2ccccc12. The van der Waals surface area contributed by atoms with E-state index in [2.05, 4.69) is 27.9 Å². The second-order valence-electron chi connectivity index (χ2n) is 4.42. The average Bonchev–Trinajstić information content (AvgIpc) is 2.65. The third kappa shape index (κ3) is 4.33. The number of anilines is 1. The van der Waals surface area contributed by atoms with E-state index in [-0.39, 0.29) is 0 Å². The molecule has 0 fully saturated rings. The monoisotopic (exact) mass is 319 g/mol. The van der Waals surface area contributed by atoms with E-state index in [1.807, 2.05) is 64.4 Å². The Balaban J connectivity index is 0.000000671. The van der Waals surface area contributed by atoms with Crippen LogP contribution in [-0.4, -0.2) is 9.97 Å². The van der Waals surface area contributed by atoms with Crippen LogP contribution in [0.5, 0.6) is 0 Å². The molecule has 3 rings (SSSR count).